The van der Waals surface area contributed by atoms with E-state index in [0.717, 1.165) is 50.0 Å². The molecule has 0 saturated carbocycles. The number of rotatable bonds is 3. The minimum atomic E-state index is -0.0494. The van der Waals surface area contributed by atoms with E-state index in [1.54, 1.807) is 18.5 Å². The predicted molar refractivity (Wildman–Crippen MR) is 101 cm³/mol. The van der Waals surface area contributed by atoms with Crippen molar-refractivity contribution in [2.45, 2.75) is 32.1 Å². The molecular weight excluding hydrogens is 342 g/mol. The fourth-order valence-electron chi connectivity index (χ4n) is 3.97. The Bertz CT molecular complexity index is 790. The molecule has 27 heavy (non-hydrogen) atoms. The van der Waals surface area contributed by atoms with Gasteiger partial charge in [0.1, 0.15) is 5.69 Å². The van der Waals surface area contributed by atoms with Crippen molar-refractivity contribution in [2.24, 2.45) is 5.92 Å². The minimum absolute atomic E-state index is 0.0494. The largest absolute Gasteiger partial charge is 0.342 e. The monoisotopic (exact) mass is 367 g/mol. The quantitative estimate of drug-likeness (QED) is 0.903. The van der Waals surface area contributed by atoms with E-state index in [1.165, 1.54) is 6.42 Å². The molecule has 0 spiro atoms. The topological polar surface area (TPSA) is 82.2 Å². The highest BCUT2D eigenvalue weighted by Crippen LogP contribution is 2.24. The van der Waals surface area contributed by atoms with E-state index in [-0.39, 0.29) is 17.7 Å². The van der Waals surface area contributed by atoms with Crippen LogP contribution >= 0.6 is 0 Å². The Kier molecular flexibility index (Phi) is 5.18. The van der Waals surface area contributed by atoms with Gasteiger partial charge in [0.05, 0.1) is 5.69 Å². The van der Waals surface area contributed by atoms with Crippen LogP contribution in [0.1, 0.15) is 42.6 Å². The molecule has 0 aliphatic carbocycles. The van der Waals surface area contributed by atoms with Crippen molar-refractivity contribution in [3.05, 3.63) is 36.3 Å². The van der Waals surface area contributed by atoms with Crippen molar-refractivity contribution in [3.8, 4) is 11.3 Å². The average Bonchev–Trinajstić information content (AvgIpc) is 3.24. The molecule has 7 nitrogen and oxygen atoms in total. The van der Waals surface area contributed by atoms with E-state index in [2.05, 4.69) is 15.2 Å². The molecule has 0 aromatic carbocycles. The number of likely N-dealkylation sites (tertiary alicyclic amines) is 2. The van der Waals surface area contributed by atoms with Gasteiger partial charge >= 0.3 is 0 Å². The van der Waals surface area contributed by atoms with Gasteiger partial charge < -0.3 is 9.80 Å². The van der Waals surface area contributed by atoms with Gasteiger partial charge in [0.25, 0.3) is 5.91 Å². The zero-order chi connectivity index (χ0) is 18.6. The van der Waals surface area contributed by atoms with Crippen molar-refractivity contribution in [1.29, 1.82) is 0 Å². The highest BCUT2D eigenvalue weighted by Gasteiger charge is 2.31. The molecule has 2 fully saturated rings. The Balaban J connectivity index is 1.35. The first kappa shape index (κ1) is 17.7. The lowest BCUT2D eigenvalue weighted by Crippen LogP contribution is -2.45. The second-order valence-corrected chi connectivity index (χ2v) is 7.36. The van der Waals surface area contributed by atoms with Gasteiger partial charge in [-0.15, -0.1) is 0 Å². The summed E-state index contributed by atoms with van der Waals surface area (Å²) in [4.78, 5) is 33.3. The molecular formula is C20H25N5O2. The summed E-state index contributed by atoms with van der Waals surface area (Å²) in [5.74, 6) is 0.288. The second-order valence-electron chi connectivity index (χ2n) is 7.36. The van der Waals surface area contributed by atoms with E-state index >= 15 is 0 Å². The summed E-state index contributed by atoms with van der Waals surface area (Å²) < 4.78 is 0. The predicted octanol–water partition coefficient (Wildman–Crippen LogP) is 2.34. The van der Waals surface area contributed by atoms with Gasteiger partial charge in [-0.1, -0.05) is 0 Å². The lowest BCUT2D eigenvalue weighted by Gasteiger charge is -2.35. The molecule has 142 valence electrons. The Labute approximate surface area is 158 Å². The number of carbonyl (C=O) groups is 2. The van der Waals surface area contributed by atoms with Crippen molar-refractivity contribution in [3.63, 3.8) is 0 Å². The van der Waals surface area contributed by atoms with E-state index in [1.807, 2.05) is 21.9 Å². The van der Waals surface area contributed by atoms with Crippen molar-refractivity contribution >= 4 is 11.8 Å². The highest BCUT2D eigenvalue weighted by molar-refractivity contribution is 5.93. The number of amides is 2. The van der Waals surface area contributed by atoms with Crippen LogP contribution in [0, 0.1) is 5.92 Å². The van der Waals surface area contributed by atoms with Gasteiger partial charge in [-0.2, -0.15) is 5.10 Å². The molecule has 7 heteroatoms. The molecule has 0 atom stereocenters. The van der Waals surface area contributed by atoms with Crippen LogP contribution in [0.3, 0.4) is 0 Å². The number of H-pyrrole nitrogens is 1. The minimum Gasteiger partial charge on any atom is -0.342 e. The lowest BCUT2D eigenvalue weighted by molar-refractivity contribution is -0.137. The Morgan fingerprint density at radius 2 is 1.67 bits per heavy atom. The Hall–Kier alpha value is -2.70. The number of carbonyl (C=O) groups excluding carboxylic acids is 2. The van der Waals surface area contributed by atoms with Gasteiger partial charge in [-0.05, 0) is 50.3 Å². The zero-order valence-electron chi connectivity index (χ0n) is 15.4. The maximum atomic E-state index is 12.8. The summed E-state index contributed by atoms with van der Waals surface area (Å²) in [6, 6.07) is 5.51. The summed E-state index contributed by atoms with van der Waals surface area (Å²) >= 11 is 0. The maximum absolute atomic E-state index is 12.8. The van der Waals surface area contributed by atoms with Gasteiger partial charge in [-0.25, -0.2) is 0 Å². The molecule has 2 aliphatic heterocycles. The Morgan fingerprint density at radius 3 is 2.37 bits per heavy atom. The summed E-state index contributed by atoms with van der Waals surface area (Å²) in [5.41, 5.74) is 2.14. The van der Waals surface area contributed by atoms with E-state index in [0.29, 0.717) is 18.8 Å². The van der Waals surface area contributed by atoms with Crippen molar-refractivity contribution in [2.75, 3.05) is 26.2 Å². The molecule has 4 rings (SSSR count). The first-order valence-electron chi connectivity index (χ1n) is 9.76. The van der Waals surface area contributed by atoms with Crippen LogP contribution in [0.4, 0.5) is 0 Å². The highest BCUT2D eigenvalue weighted by atomic mass is 16.2. The maximum Gasteiger partial charge on any atom is 0.271 e. The first-order chi connectivity index (χ1) is 13.2. The number of nitrogens with zero attached hydrogens (tertiary/aromatic N) is 4. The standard InChI is InChI=1S/C20H25N5O2/c26-19(24-10-2-1-3-11-24)16-6-12-25(13-7-16)20(27)18-14-17(22-23-18)15-4-8-21-9-5-15/h4-5,8-9,14,16H,1-3,6-7,10-13H2,(H,22,23). The first-order valence-corrected chi connectivity index (χ1v) is 9.76. The number of aromatic nitrogens is 3. The lowest BCUT2D eigenvalue weighted by atomic mass is 9.94. The Morgan fingerprint density at radius 1 is 0.963 bits per heavy atom. The van der Waals surface area contributed by atoms with Crippen LogP contribution in [0.2, 0.25) is 0 Å². The number of aromatic amines is 1. The smallest absolute Gasteiger partial charge is 0.271 e. The SMILES string of the molecule is O=C(c1cc(-c2ccncc2)n[nH]1)N1CCC(C(=O)N2CCCCC2)CC1. The van der Waals surface area contributed by atoms with Crippen molar-refractivity contribution in [1.82, 2.24) is 25.0 Å². The number of piperidine rings is 2. The van der Waals surface area contributed by atoms with E-state index < -0.39 is 0 Å². The number of nitrogens with one attached hydrogen (secondary N) is 1. The number of hydrogen-bond donors (Lipinski definition) is 1. The van der Waals surface area contributed by atoms with Crippen LogP contribution in [-0.4, -0.2) is 63.0 Å². The van der Waals surface area contributed by atoms with Gasteiger partial charge in [0, 0.05) is 50.1 Å². The van der Waals surface area contributed by atoms with Crippen LogP contribution < -0.4 is 0 Å². The third kappa shape index (κ3) is 3.86. The summed E-state index contributed by atoms with van der Waals surface area (Å²) in [6.07, 6.45) is 8.35. The summed E-state index contributed by atoms with van der Waals surface area (Å²) in [5, 5.41) is 7.10. The van der Waals surface area contributed by atoms with Crippen LogP contribution in [0.5, 0.6) is 0 Å². The average molecular weight is 367 g/mol. The molecule has 0 bridgehead atoms. The van der Waals surface area contributed by atoms with E-state index in [4.69, 9.17) is 0 Å². The third-order valence-corrected chi connectivity index (χ3v) is 5.58. The molecule has 2 aromatic heterocycles. The van der Waals surface area contributed by atoms with Gasteiger partial charge in [0.15, 0.2) is 0 Å². The molecule has 4 heterocycles. The van der Waals surface area contributed by atoms with Crippen LogP contribution in [-0.2, 0) is 4.79 Å². The zero-order valence-corrected chi connectivity index (χ0v) is 15.4. The summed E-state index contributed by atoms with van der Waals surface area (Å²) in [6.45, 7) is 3.02. The fraction of sp³-hybridized carbons (Fsp3) is 0.500. The second kappa shape index (κ2) is 7.90. The molecule has 2 aliphatic rings. The normalized spacial score (nSPS) is 18.5. The molecule has 0 radical (unpaired) electrons. The number of pyridine rings is 1. The molecule has 2 saturated heterocycles. The molecule has 2 amide bonds. The third-order valence-electron chi connectivity index (χ3n) is 5.58. The van der Waals surface area contributed by atoms with Gasteiger partial charge in [0.2, 0.25) is 5.91 Å². The van der Waals surface area contributed by atoms with Crippen LogP contribution in [0.25, 0.3) is 11.3 Å². The van der Waals surface area contributed by atoms with E-state index in [9.17, 15) is 9.59 Å². The summed E-state index contributed by atoms with van der Waals surface area (Å²) in [7, 11) is 0. The molecule has 2 aromatic rings. The van der Waals surface area contributed by atoms with Crippen LogP contribution in [0.15, 0.2) is 30.6 Å². The van der Waals surface area contributed by atoms with Gasteiger partial charge in [-0.3, -0.25) is 19.7 Å². The fourth-order valence-corrected chi connectivity index (χ4v) is 3.97. The number of hydrogen-bond acceptors (Lipinski definition) is 4. The molecule has 0 unspecified atom stereocenters. The van der Waals surface area contributed by atoms with Crippen molar-refractivity contribution < 1.29 is 9.59 Å². The molecule has 1 N–H and O–H groups in total.